The summed E-state index contributed by atoms with van der Waals surface area (Å²) in [6.07, 6.45) is 0. The summed E-state index contributed by atoms with van der Waals surface area (Å²) in [5.41, 5.74) is 4.93. The molecule has 45 valence electrons. The maximum absolute atomic E-state index is 3.88. The van der Waals surface area contributed by atoms with Crippen LogP contribution in [0.1, 0.15) is 13.8 Å². The van der Waals surface area contributed by atoms with Gasteiger partial charge in [-0.05, 0) is 13.8 Å². The predicted octanol–water partition coefficient (Wildman–Crippen LogP) is 1.13. The summed E-state index contributed by atoms with van der Waals surface area (Å²) in [4.78, 5) is 0. The van der Waals surface area contributed by atoms with E-state index in [0.717, 1.165) is 12.3 Å². The summed E-state index contributed by atoms with van der Waals surface area (Å²) < 4.78 is 0.0486. The number of alkyl halides is 1. The van der Waals surface area contributed by atoms with E-state index in [4.69, 9.17) is 0 Å². The molecule has 1 aliphatic heterocycles. The third-order valence-corrected chi connectivity index (χ3v) is 2.17. The fourth-order valence-electron chi connectivity index (χ4n) is 0.493. The molecule has 1 rings (SSSR count). The molecule has 0 spiro atoms. The smallest absolute Gasteiger partial charge is 0.0838 e. The highest BCUT2D eigenvalue weighted by Gasteiger charge is 2.29. The molecule has 0 aromatic carbocycles. The molecule has 0 aromatic rings. The molecule has 0 saturated heterocycles. The van der Waals surface area contributed by atoms with Crippen molar-refractivity contribution in [3.8, 4) is 0 Å². The Kier molecular flexibility index (Phi) is 1.31. The molecule has 0 bridgehead atoms. The van der Waals surface area contributed by atoms with E-state index in [2.05, 4.69) is 33.4 Å². The second kappa shape index (κ2) is 1.72. The van der Waals surface area contributed by atoms with Crippen molar-refractivity contribution in [2.24, 2.45) is 5.10 Å². The zero-order valence-corrected chi connectivity index (χ0v) is 6.57. The van der Waals surface area contributed by atoms with Crippen molar-refractivity contribution in [2.45, 2.75) is 18.2 Å². The first-order valence-electron chi connectivity index (χ1n) is 2.53. The monoisotopic (exact) mass is 175 g/mol. The Balaban J connectivity index is 2.73. The van der Waals surface area contributed by atoms with Crippen LogP contribution in [-0.4, -0.2) is 16.6 Å². The summed E-state index contributed by atoms with van der Waals surface area (Å²) in [7, 11) is 0. The quantitative estimate of drug-likeness (QED) is 0.494. The molecule has 0 fully saturated rings. The van der Waals surface area contributed by atoms with Gasteiger partial charge in [-0.1, -0.05) is 15.9 Å². The lowest BCUT2D eigenvalue weighted by molar-refractivity contribution is 0.733. The van der Waals surface area contributed by atoms with E-state index >= 15 is 0 Å². The highest BCUT2D eigenvalue weighted by Crippen LogP contribution is 2.22. The van der Waals surface area contributed by atoms with E-state index in [0.29, 0.717) is 0 Å². The maximum Gasteiger partial charge on any atom is 0.0838 e. The average molecular weight is 176 g/mol. The van der Waals surface area contributed by atoms with E-state index in [-0.39, 0.29) is 4.32 Å². The van der Waals surface area contributed by atoms with Crippen LogP contribution in [0.5, 0.6) is 0 Å². The van der Waals surface area contributed by atoms with Crippen molar-refractivity contribution in [2.75, 3.05) is 6.54 Å². The molecule has 0 saturated carbocycles. The minimum absolute atomic E-state index is 0.0486. The highest BCUT2D eigenvalue weighted by molar-refractivity contribution is 9.10. The Morgan fingerprint density at radius 2 is 2.38 bits per heavy atom. The molecular weight excluding hydrogens is 168 g/mol. The SMILES string of the molecule is CC1=N[N]CC1(C)Br. The lowest BCUT2D eigenvalue weighted by Gasteiger charge is -2.10. The van der Waals surface area contributed by atoms with Gasteiger partial charge in [-0.25, -0.2) is 0 Å². The normalized spacial score (nSPS) is 36.6. The second-order valence-corrected chi connectivity index (χ2v) is 3.93. The molecule has 0 aliphatic carbocycles. The van der Waals surface area contributed by atoms with Crippen LogP contribution < -0.4 is 5.43 Å². The highest BCUT2D eigenvalue weighted by atomic mass is 79.9. The minimum atomic E-state index is 0.0486. The minimum Gasteiger partial charge on any atom is -0.187 e. The topological polar surface area (TPSA) is 26.5 Å². The van der Waals surface area contributed by atoms with Crippen molar-refractivity contribution in [1.29, 1.82) is 0 Å². The van der Waals surface area contributed by atoms with E-state index in [1.165, 1.54) is 0 Å². The van der Waals surface area contributed by atoms with Crippen LogP contribution >= 0.6 is 15.9 Å². The molecule has 1 radical (unpaired) electrons. The lowest BCUT2D eigenvalue weighted by Crippen LogP contribution is -2.26. The van der Waals surface area contributed by atoms with Gasteiger partial charge in [0.2, 0.25) is 0 Å². The Morgan fingerprint density at radius 3 is 2.50 bits per heavy atom. The molecule has 1 aliphatic rings. The second-order valence-electron chi connectivity index (χ2n) is 2.18. The molecule has 1 unspecified atom stereocenters. The number of hydrogen-bond acceptors (Lipinski definition) is 1. The van der Waals surface area contributed by atoms with E-state index in [1.807, 2.05) is 6.92 Å². The zero-order valence-electron chi connectivity index (χ0n) is 4.98. The molecule has 1 atom stereocenters. The maximum atomic E-state index is 3.88. The van der Waals surface area contributed by atoms with Gasteiger partial charge in [0.25, 0.3) is 0 Å². The number of rotatable bonds is 0. The van der Waals surface area contributed by atoms with Gasteiger partial charge in [0.1, 0.15) is 0 Å². The summed E-state index contributed by atoms with van der Waals surface area (Å²) in [5, 5.41) is 3.88. The predicted molar refractivity (Wildman–Crippen MR) is 37.4 cm³/mol. The number of hydrogen-bond donors (Lipinski definition) is 0. The van der Waals surface area contributed by atoms with Crippen LogP contribution in [0.15, 0.2) is 5.10 Å². The van der Waals surface area contributed by atoms with E-state index in [9.17, 15) is 0 Å². The third-order valence-electron chi connectivity index (χ3n) is 1.34. The summed E-state index contributed by atoms with van der Waals surface area (Å²) in [5.74, 6) is 0. The van der Waals surface area contributed by atoms with Crippen LogP contribution in [0.3, 0.4) is 0 Å². The van der Waals surface area contributed by atoms with Crippen molar-refractivity contribution in [3.05, 3.63) is 0 Å². The van der Waals surface area contributed by atoms with Crippen LogP contribution in [0.4, 0.5) is 0 Å². The Hall–Kier alpha value is -0.0500. The Morgan fingerprint density at radius 1 is 1.75 bits per heavy atom. The molecule has 2 nitrogen and oxygen atoms in total. The molecule has 1 heterocycles. The first-order chi connectivity index (χ1) is 3.63. The largest absolute Gasteiger partial charge is 0.187 e. The lowest BCUT2D eigenvalue weighted by atomic mass is 10.1. The first-order valence-corrected chi connectivity index (χ1v) is 3.33. The Bertz CT molecular complexity index is 128. The van der Waals surface area contributed by atoms with Gasteiger partial charge >= 0.3 is 0 Å². The average Bonchev–Trinajstić information content (AvgIpc) is 1.86. The molecule has 8 heavy (non-hydrogen) atoms. The summed E-state index contributed by atoms with van der Waals surface area (Å²) in [6.45, 7) is 4.83. The van der Waals surface area contributed by atoms with Gasteiger partial charge in [0.05, 0.1) is 16.6 Å². The van der Waals surface area contributed by atoms with Crippen molar-refractivity contribution in [1.82, 2.24) is 5.43 Å². The van der Waals surface area contributed by atoms with Crippen LogP contribution in [-0.2, 0) is 0 Å². The summed E-state index contributed by atoms with van der Waals surface area (Å²) >= 11 is 3.48. The zero-order chi connectivity index (χ0) is 6.20. The van der Waals surface area contributed by atoms with Crippen LogP contribution in [0.2, 0.25) is 0 Å². The number of halogens is 1. The molecule has 0 aromatic heterocycles. The Labute approximate surface area is 57.5 Å². The molecule has 0 N–H and O–H groups in total. The molecule has 0 amide bonds. The third kappa shape index (κ3) is 0.869. The van der Waals surface area contributed by atoms with Gasteiger partial charge in [0, 0.05) is 0 Å². The van der Waals surface area contributed by atoms with Gasteiger partial charge in [0.15, 0.2) is 0 Å². The fourth-order valence-corrected chi connectivity index (χ4v) is 0.684. The standard InChI is InChI=1S/C5H8BrN2/c1-4-5(2,6)3-7-8-4/h3H2,1-2H3. The van der Waals surface area contributed by atoms with Crippen molar-refractivity contribution in [3.63, 3.8) is 0 Å². The van der Waals surface area contributed by atoms with E-state index < -0.39 is 0 Å². The van der Waals surface area contributed by atoms with Gasteiger partial charge in [-0.3, -0.25) is 0 Å². The van der Waals surface area contributed by atoms with E-state index in [1.54, 1.807) is 0 Å². The van der Waals surface area contributed by atoms with Crippen LogP contribution in [0.25, 0.3) is 0 Å². The van der Waals surface area contributed by atoms with Gasteiger partial charge < -0.3 is 0 Å². The molecular formula is C5H8BrN2. The molecule has 3 heteroatoms. The number of nitrogens with zero attached hydrogens (tertiary/aromatic N) is 2. The van der Waals surface area contributed by atoms with Crippen LogP contribution in [0, 0.1) is 0 Å². The summed E-state index contributed by atoms with van der Waals surface area (Å²) in [6, 6.07) is 0. The fraction of sp³-hybridized carbons (Fsp3) is 0.800. The van der Waals surface area contributed by atoms with Gasteiger partial charge in [-0.15, -0.1) is 0 Å². The van der Waals surface area contributed by atoms with Crippen molar-refractivity contribution < 1.29 is 0 Å². The van der Waals surface area contributed by atoms with Gasteiger partial charge in [-0.2, -0.15) is 10.5 Å². The van der Waals surface area contributed by atoms with Crippen molar-refractivity contribution >= 4 is 21.6 Å². The first kappa shape index (κ1) is 6.08.